The van der Waals surface area contributed by atoms with Crippen LogP contribution in [0.1, 0.15) is 51.1 Å². The SMILES string of the molecule is CCCc1nc2c(NC3CCCC3)ncnc2n1[C@@H]1O[C@H](CO)[C@@H](O)[C@H]1O. The lowest BCUT2D eigenvalue weighted by Crippen LogP contribution is -2.33. The van der Waals surface area contributed by atoms with Crippen molar-refractivity contribution in [3.05, 3.63) is 12.2 Å². The number of anilines is 1. The molecule has 0 amide bonds. The number of imidazole rings is 1. The Morgan fingerprint density at radius 2 is 2.00 bits per heavy atom. The molecule has 0 aromatic carbocycles. The molecule has 9 nitrogen and oxygen atoms in total. The molecule has 4 rings (SSSR count). The first kappa shape index (κ1) is 18.5. The Morgan fingerprint density at radius 1 is 1.22 bits per heavy atom. The van der Waals surface area contributed by atoms with Gasteiger partial charge in [0.2, 0.25) is 0 Å². The summed E-state index contributed by atoms with van der Waals surface area (Å²) < 4.78 is 7.48. The van der Waals surface area contributed by atoms with E-state index in [2.05, 4.69) is 15.3 Å². The number of nitrogens with zero attached hydrogens (tertiary/aromatic N) is 4. The van der Waals surface area contributed by atoms with Crippen molar-refractivity contribution in [1.82, 2.24) is 19.5 Å². The van der Waals surface area contributed by atoms with Gasteiger partial charge in [-0.1, -0.05) is 19.8 Å². The molecule has 0 spiro atoms. The summed E-state index contributed by atoms with van der Waals surface area (Å²) in [6, 6.07) is 0.386. The molecule has 2 fully saturated rings. The van der Waals surface area contributed by atoms with Gasteiger partial charge in [-0.25, -0.2) is 15.0 Å². The molecule has 1 aliphatic heterocycles. The van der Waals surface area contributed by atoms with Gasteiger partial charge in [0.25, 0.3) is 0 Å². The summed E-state index contributed by atoms with van der Waals surface area (Å²) in [7, 11) is 0. The van der Waals surface area contributed by atoms with Crippen LogP contribution >= 0.6 is 0 Å². The van der Waals surface area contributed by atoms with Gasteiger partial charge in [-0.2, -0.15) is 0 Å². The van der Waals surface area contributed by atoms with E-state index in [1.54, 1.807) is 4.57 Å². The Bertz CT molecular complexity index is 791. The smallest absolute Gasteiger partial charge is 0.167 e. The van der Waals surface area contributed by atoms with Crippen LogP contribution in [0.2, 0.25) is 0 Å². The average molecular weight is 377 g/mol. The zero-order valence-corrected chi connectivity index (χ0v) is 15.5. The minimum Gasteiger partial charge on any atom is -0.394 e. The van der Waals surface area contributed by atoms with E-state index in [9.17, 15) is 15.3 Å². The lowest BCUT2D eigenvalue weighted by molar-refractivity contribution is -0.0522. The Kier molecular flexibility index (Phi) is 5.27. The highest BCUT2D eigenvalue weighted by Crippen LogP contribution is 2.34. The molecule has 2 aliphatic rings. The van der Waals surface area contributed by atoms with E-state index in [4.69, 9.17) is 9.72 Å². The standard InChI is InChI=1S/C18H27N5O4/c1-2-5-12-22-13-16(21-10-6-3-4-7-10)19-9-20-17(13)23(12)18-15(26)14(25)11(8-24)27-18/h9-11,14-15,18,24-26H,2-8H2,1H3,(H,19,20,21)/t11-,14-,15-,18-/m1/s1. The van der Waals surface area contributed by atoms with Gasteiger partial charge >= 0.3 is 0 Å². The first-order valence-corrected chi connectivity index (χ1v) is 9.74. The number of aliphatic hydroxyl groups is 3. The van der Waals surface area contributed by atoms with Crippen molar-refractivity contribution in [1.29, 1.82) is 0 Å². The molecule has 0 bridgehead atoms. The van der Waals surface area contributed by atoms with Crippen molar-refractivity contribution in [3.8, 4) is 0 Å². The van der Waals surface area contributed by atoms with Gasteiger partial charge in [0.05, 0.1) is 6.61 Å². The number of nitrogens with one attached hydrogen (secondary N) is 1. The van der Waals surface area contributed by atoms with Crippen LogP contribution in [0.25, 0.3) is 11.2 Å². The lowest BCUT2D eigenvalue weighted by Gasteiger charge is -2.19. The number of hydrogen-bond donors (Lipinski definition) is 4. The Hall–Kier alpha value is -1.81. The van der Waals surface area contributed by atoms with Crippen molar-refractivity contribution in [2.45, 2.75) is 76.0 Å². The summed E-state index contributed by atoms with van der Waals surface area (Å²) in [6.45, 7) is 1.68. The zero-order chi connectivity index (χ0) is 19.0. The minimum atomic E-state index is -1.17. The molecule has 4 N–H and O–H groups in total. The molecule has 9 heteroatoms. The molecule has 0 unspecified atom stereocenters. The van der Waals surface area contributed by atoms with E-state index in [1.165, 1.54) is 19.2 Å². The molecular weight excluding hydrogens is 350 g/mol. The largest absolute Gasteiger partial charge is 0.394 e. The number of fused-ring (bicyclic) bond motifs is 1. The van der Waals surface area contributed by atoms with Crippen LogP contribution in [0.5, 0.6) is 0 Å². The molecule has 148 valence electrons. The normalized spacial score (nSPS) is 29.0. The summed E-state index contributed by atoms with van der Waals surface area (Å²) in [6.07, 6.45) is 3.64. The first-order valence-electron chi connectivity index (χ1n) is 9.74. The first-order chi connectivity index (χ1) is 13.1. The second kappa shape index (κ2) is 7.67. The quantitative estimate of drug-likeness (QED) is 0.581. The number of rotatable bonds is 6. The molecule has 2 aromatic heterocycles. The van der Waals surface area contributed by atoms with Crippen LogP contribution in [0.4, 0.5) is 5.82 Å². The van der Waals surface area contributed by atoms with E-state index < -0.39 is 24.5 Å². The highest BCUT2D eigenvalue weighted by molar-refractivity contribution is 5.83. The monoisotopic (exact) mass is 377 g/mol. The molecule has 3 heterocycles. The molecule has 1 aliphatic carbocycles. The Morgan fingerprint density at radius 3 is 2.67 bits per heavy atom. The van der Waals surface area contributed by atoms with Crippen LogP contribution in [-0.4, -0.2) is 65.8 Å². The summed E-state index contributed by atoms with van der Waals surface area (Å²) in [5.74, 6) is 1.41. The molecule has 1 saturated carbocycles. The van der Waals surface area contributed by atoms with Crippen LogP contribution in [0, 0.1) is 0 Å². The summed E-state index contributed by atoms with van der Waals surface area (Å²) in [4.78, 5) is 13.5. The highest BCUT2D eigenvalue weighted by atomic mass is 16.6. The maximum absolute atomic E-state index is 10.5. The molecule has 27 heavy (non-hydrogen) atoms. The second-order valence-corrected chi connectivity index (χ2v) is 7.40. The number of aliphatic hydroxyl groups excluding tert-OH is 3. The maximum atomic E-state index is 10.5. The van der Waals surface area contributed by atoms with Crippen LogP contribution in [-0.2, 0) is 11.2 Å². The summed E-state index contributed by atoms with van der Waals surface area (Å²) >= 11 is 0. The fourth-order valence-corrected chi connectivity index (χ4v) is 4.08. The van der Waals surface area contributed by atoms with E-state index in [0.29, 0.717) is 29.4 Å². The average Bonchev–Trinajstić information content (AvgIpc) is 3.36. The topological polar surface area (TPSA) is 126 Å². The molecule has 1 saturated heterocycles. The summed E-state index contributed by atoms with van der Waals surface area (Å²) in [5, 5.41) is 33.5. The Balaban J connectivity index is 1.76. The molecule has 2 aromatic rings. The van der Waals surface area contributed by atoms with E-state index in [-0.39, 0.29) is 6.61 Å². The number of aryl methyl sites for hydroxylation is 1. The predicted molar refractivity (Wildman–Crippen MR) is 98.2 cm³/mol. The second-order valence-electron chi connectivity index (χ2n) is 7.40. The fraction of sp³-hybridized carbons (Fsp3) is 0.722. The van der Waals surface area contributed by atoms with Gasteiger partial charge in [-0.15, -0.1) is 0 Å². The highest BCUT2D eigenvalue weighted by Gasteiger charge is 2.44. The van der Waals surface area contributed by atoms with Crippen molar-refractivity contribution >= 4 is 17.0 Å². The number of aromatic nitrogens is 4. The molecular formula is C18H27N5O4. The van der Waals surface area contributed by atoms with E-state index in [0.717, 1.165) is 25.1 Å². The van der Waals surface area contributed by atoms with Crippen molar-refractivity contribution in [2.24, 2.45) is 0 Å². The third kappa shape index (κ3) is 3.29. The molecule has 0 radical (unpaired) electrons. The third-order valence-corrected chi connectivity index (χ3v) is 5.49. The molecule has 4 atom stereocenters. The van der Waals surface area contributed by atoms with Gasteiger partial charge < -0.3 is 25.4 Å². The van der Waals surface area contributed by atoms with Crippen molar-refractivity contribution in [2.75, 3.05) is 11.9 Å². The van der Waals surface area contributed by atoms with E-state index >= 15 is 0 Å². The van der Waals surface area contributed by atoms with Gasteiger partial charge in [-0.3, -0.25) is 4.57 Å². The lowest BCUT2D eigenvalue weighted by atomic mass is 10.1. The summed E-state index contributed by atoms with van der Waals surface area (Å²) in [5.41, 5.74) is 1.20. The van der Waals surface area contributed by atoms with E-state index in [1.807, 2.05) is 6.92 Å². The van der Waals surface area contributed by atoms with Gasteiger partial charge in [0, 0.05) is 12.5 Å². The van der Waals surface area contributed by atoms with Crippen LogP contribution in [0.15, 0.2) is 6.33 Å². The number of ether oxygens (including phenoxy) is 1. The van der Waals surface area contributed by atoms with Gasteiger partial charge in [0.15, 0.2) is 23.2 Å². The number of hydrogen-bond acceptors (Lipinski definition) is 8. The Labute approximate surface area is 157 Å². The maximum Gasteiger partial charge on any atom is 0.167 e. The van der Waals surface area contributed by atoms with Crippen LogP contribution < -0.4 is 5.32 Å². The predicted octanol–water partition coefficient (Wildman–Crippen LogP) is 0.745. The minimum absolute atomic E-state index is 0.367. The fourth-order valence-electron chi connectivity index (χ4n) is 4.08. The van der Waals surface area contributed by atoms with Crippen molar-refractivity contribution in [3.63, 3.8) is 0 Å². The third-order valence-electron chi connectivity index (χ3n) is 5.49. The van der Waals surface area contributed by atoms with Gasteiger partial charge in [0.1, 0.15) is 30.5 Å². The van der Waals surface area contributed by atoms with Crippen LogP contribution in [0.3, 0.4) is 0 Å². The van der Waals surface area contributed by atoms with Gasteiger partial charge in [-0.05, 0) is 19.3 Å². The van der Waals surface area contributed by atoms with Crippen molar-refractivity contribution < 1.29 is 20.1 Å². The zero-order valence-electron chi connectivity index (χ0n) is 15.5.